The number of fused-ring (bicyclic) bond motifs is 1. The zero-order valence-corrected chi connectivity index (χ0v) is 22.9. The third-order valence-corrected chi connectivity index (χ3v) is 6.54. The van der Waals surface area contributed by atoms with Crippen LogP contribution >= 0.6 is 0 Å². The van der Waals surface area contributed by atoms with Crippen LogP contribution in [0.2, 0.25) is 0 Å². The first-order valence-electron chi connectivity index (χ1n) is 13.3. The maximum absolute atomic E-state index is 14.3. The number of nitrogens with one attached hydrogen (secondary N) is 2. The molecule has 0 saturated heterocycles. The number of nitrogens with zero attached hydrogens (tertiary/aromatic N) is 2. The van der Waals surface area contributed by atoms with Crippen LogP contribution < -0.4 is 10.1 Å². The SMILES string of the molecule is CN(C)C(=O)CCCNCCOc1ccc(/C(CC(F)(F)F)=C(\c2ccccc2)c2ccc3[nH]nc(F)c3c2)cc1. The summed E-state index contributed by atoms with van der Waals surface area (Å²) in [5.41, 5.74) is 2.28. The lowest BCUT2D eigenvalue weighted by molar-refractivity contribution is -0.128. The zero-order valence-electron chi connectivity index (χ0n) is 22.9. The molecule has 6 nitrogen and oxygen atoms in total. The number of rotatable bonds is 12. The van der Waals surface area contributed by atoms with Crippen molar-refractivity contribution in [2.24, 2.45) is 0 Å². The van der Waals surface area contributed by atoms with Gasteiger partial charge in [-0.2, -0.15) is 17.6 Å². The van der Waals surface area contributed by atoms with Gasteiger partial charge in [-0.1, -0.05) is 48.5 Å². The highest BCUT2D eigenvalue weighted by Gasteiger charge is 2.31. The van der Waals surface area contributed by atoms with E-state index in [4.69, 9.17) is 4.74 Å². The molecule has 10 heteroatoms. The summed E-state index contributed by atoms with van der Waals surface area (Å²) in [6.07, 6.45) is -4.49. The molecule has 1 heterocycles. The molecule has 1 aromatic heterocycles. The molecule has 0 spiro atoms. The second-order valence-electron chi connectivity index (χ2n) is 9.80. The summed E-state index contributed by atoms with van der Waals surface area (Å²) in [5, 5.41) is 9.57. The molecule has 2 N–H and O–H groups in total. The molecule has 0 aliphatic heterocycles. The van der Waals surface area contributed by atoms with Gasteiger partial charge in [-0.15, -0.1) is 5.10 Å². The van der Waals surface area contributed by atoms with Crippen LogP contribution in [0.5, 0.6) is 5.75 Å². The van der Waals surface area contributed by atoms with Gasteiger partial charge in [0.25, 0.3) is 0 Å². The highest BCUT2D eigenvalue weighted by atomic mass is 19.4. The first-order valence-corrected chi connectivity index (χ1v) is 13.3. The molecule has 3 aromatic carbocycles. The first-order chi connectivity index (χ1) is 19.6. The maximum Gasteiger partial charge on any atom is 0.393 e. The van der Waals surface area contributed by atoms with Crippen LogP contribution in [0.1, 0.15) is 36.0 Å². The number of aromatic nitrogens is 2. The van der Waals surface area contributed by atoms with Gasteiger partial charge in [-0.3, -0.25) is 9.89 Å². The predicted molar refractivity (Wildman–Crippen MR) is 152 cm³/mol. The Balaban J connectivity index is 1.57. The van der Waals surface area contributed by atoms with Gasteiger partial charge in [0, 0.05) is 27.1 Å². The highest BCUT2D eigenvalue weighted by Crippen LogP contribution is 2.40. The second-order valence-corrected chi connectivity index (χ2v) is 9.80. The molecule has 0 unspecified atom stereocenters. The summed E-state index contributed by atoms with van der Waals surface area (Å²) in [6.45, 7) is 1.59. The van der Waals surface area contributed by atoms with Crippen LogP contribution in [0.15, 0.2) is 72.8 Å². The van der Waals surface area contributed by atoms with Crippen molar-refractivity contribution < 1.29 is 27.1 Å². The van der Waals surface area contributed by atoms with Gasteiger partial charge in [0.1, 0.15) is 12.4 Å². The summed E-state index contributed by atoms with van der Waals surface area (Å²) in [4.78, 5) is 13.2. The van der Waals surface area contributed by atoms with Crippen molar-refractivity contribution in [1.82, 2.24) is 20.4 Å². The third kappa shape index (κ3) is 8.17. The van der Waals surface area contributed by atoms with Crippen LogP contribution in [0.4, 0.5) is 17.6 Å². The number of benzene rings is 3. The Hall–Kier alpha value is -4.18. The van der Waals surface area contributed by atoms with Crippen LogP contribution in [-0.4, -0.2) is 61.0 Å². The van der Waals surface area contributed by atoms with Crippen LogP contribution in [0.25, 0.3) is 22.0 Å². The monoisotopic (exact) mass is 568 g/mol. The number of halogens is 4. The summed E-state index contributed by atoms with van der Waals surface area (Å²) in [7, 11) is 3.45. The molecule has 0 bridgehead atoms. The number of allylic oxidation sites excluding steroid dienone is 1. The molecule has 1 amide bonds. The van der Waals surface area contributed by atoms with E-state index in [2.05, 4.69) is 15.5 Å². The minimum atomic E-state index is -4.49. The van der Waals surface area contributed by atoms with Crippen molar-refractivity contribution in [3.05, 3.63) is 95.4 Å². The Morgan fingerprint density at radius 1 is 0.951 bits per heavy atom. The molecule has 0 atom stereocenters. The number of H-pyrrole nitrogens is 1. The number of ether oxygens (including phenoxy) is 1. The first kappa shape index (κ1) is 29.8. The van der Waals surface area contributed by atoms with E-state index < -0.39 is 18.5 Å². The molecule has 0 fully saturated rings. The van der Waals surface area contributed by atoms with Crippen molar-refractivity contribution in [3.8, 4) is 5.75 Å². The normalized spacial score (nSPS) is 12.3. The largest absolute Gasteiger partial charge is 0.492 e. The van der Waals surface area contributed by atoms with Crippen molar-refractivity contribution in [3.63, 3.8) is 0 Å². The topological polar surface area (TPSA) is 70.2 Å². The van der Waals surface area contributed by atoms with E-state index in [-0.39, 0.29) is 16.9 Å². The third-order valence-electron chi connectivity index (χ3n) is 6.54. The van der Waals surface area contributed by atoms with Crippen LogP contribution in [-0.2, 0) is 4.79 Å². The van der Waals surface area contributed by atoms with Gasteiger partial charge >= 0.3 is 6.18 Å². The Bertz CT molecular complexity index is 1480. The fourth-order valence-corrected chi connectivity index (χ4v) is 4.50. The summed E-state index contributed by atoms with van der Waals surface area (Å²) in [5.74, 6) is -0.121. The lowest BCUT2D eigenvalue weighted by atomic mass is 9.87. The van der Waals surface area contributed by atoms with E-state index in [1.165, 1.54) is 6.07 Å². The molecular formula is C31H32F4N4O2. The molecular weight excluding hydrogens is 536 g/mol. The average molecular weight is 569 g/mol. The summed E-state index contributed by atoms with van der Waals surface area (Å²) in [6, 6.07) is 20.1. The van der Waals surface area contributed by atoms with Crippen molar-refractivity contribution in [1.29, 1.82) is 0 Å². The molecule has 41 heavy (non-hydrogen) atoms. The summed E-state index contributed by atoms with van der Waals surface area (Å²) < 4.78 is 61.9. The molecule has 216 valence electrons. The van der Waals surface area contributed by atoms with Gasteiger partial charge in [0.05, 0.1) is 17.3 Å². The Kier molecular flexibility index (Phi) is 9.78. The van der Waals surface area contributed by atoms with Gasteiger partial charge in [0.15, 0.2) is 0 Å². The quantitative estimate of drug-likeness (QED) is 0.117. The van der Waals surface area contributed by atoms with Gasteiger partial charge in [-0.25, -0.2) is 0 Å². The van der Waals surface area contributed by atoms with E-state index in [1.807, 2.05) is 0 Å². The Labute approximate surface area is 236 Å². The molecule has 4 rings (SSSR count). The number of aromatic amines is 1. The van der Waals surface area contributed by atoms with Gasteiger partial charge < -0.3 is 15.0 Å². The zero-order chi connectivity index (χ0) is 29.4. The number of amides is 1. The average Bonchev–Trinajstić information content (AvgIpc) is 3.32. The lowest BCUT2D eigenvalue weighted by Crippen LogP contribution is -2.25. The fraction of sp³-hybridized carbons (Fsp3) is 0.290. The van der Waals surface area contributed by atoms with Gasteiger partial charge in [0.2, 0.25) is 11.9 Å². The fourth-order valence-electron chi connectivity index (χ4n) is 4.50. The Morgan fingerprint density at radius 2 is 1.66 bits per heavy atom. The van der Waals surface area contributed by atoms with Crippen molar-refractivity contribution in [2.45, 2.75) is 25.4 Å². The second kappa shape index (κ2) is 13.5. The van der Waals surface area contributed by atoms with E-state index >= 15 is 0 Å². The van der Waals surface area contributed by atoms with E-state index in [0.29, 0.717) is 66.1 Å². The number of carbonyl (C=O) groups excluding carboxylic acids is 1. The molecule has 0 aliphatic carbocycles. The minimum absolute atomic E-state index is 0.0624. The number of hydrogen-bond donors (Lipinski definition) is 2. The van der Waals surface area contributed by atoms with Crippen LogP contribution in [0.3, 0.4) is 0 Å². The molecule has 0 saturated carbocycles. The Morgan fingerprint density at radius 3 is 2.34 bits per heavy atom. The standard InChI is InChI=1S/C31H32F4N4O2/c1-39(2)28(40)9-6-16-36-17-18-41-24-13-10-21(11-14-24)26(20-31(33,34)35)29(22-7-4-3-5-8-22)23-12-15-27-25(19-23)30(32)38-37-27/h3-5,7-8,10-15,19,36H,6,9,16-18,20H2,1-2H3,(H,37,38)/b29-26+. The van der Waals surface area contributed by atoms with E-state index in [1.54, 1.807) is 85.7 Å². The number of hydrogen-bond acceptors (Lipinski definition) is 4. The van der Waals surface area contributed by atoms with E-state index in [0.717, 1.165) is 0 Å². The number of carbonyl (C=O) groups is 1. The van der Waals surface area contributed by atoms with Crippen molar-refractivity contribution >= 4 is 28.0 Å². The lowest BCUT2D eigenvalue weighted by Gasteiger charge is -2.19. The van der Waals surface area contributed by atoms with Crippen molar-refractivity contribution in [2.75, 3.05) is 33.8 Å². The smallest absolute Gasteiger partial charge is 0.393 e. The minimum Gasteiger partial charge on any atom is -0.492 e. The van der Waals surface area contributed by atoms with Crippen LogP contribution in [0, 0.1) is 5.95 Å². The molecule has 4 aromatic rings. The number of alkyl halides is 3. The molecule has 0 radical (unpaired) electrons. The van der Waals surface area contributed by atoms with E-state index in [9.17, 15) is 22.4 Å². The van der Waals surface area contributed by atoms with Gasteiger partial charge in [-0.05, 0) is 65.1 Å². The highest BCUT2D eigenvalue weighted by molar-refractivity contribution is 6.00. The summed E-state index contributed by atoms with van der Waals surface area (Å²) >= 11 is 0. The molecule has 0 aliphatic rings. The maximum atomic E-state index is 14.3. The predicted octanol–water partition coefficient (Wildman–Crippen LogP) is 6.45.